The normalized spacial score (nSPS) is 31.7. The Morgan fingerprint density at radius 2 is 1.79 bits per heavy atom. The van der Waals surface area contributed by atoms with Crippen molar-refractivity contribution in [2.75, 3.05) is 32.7 Å². The van der Waals surface area contributed by atoms with E-state index in [-0.39, 0.29) is 18.1 Å². The molecule has 1 aromatic carbocycles. The van der Waals surface area contributed by atoms with Gasteiger partial charge in [-0.25, -0.2) is 0 Å². The van der Waals surface area contributed by atoms with Crippen molar-refractivity contribution in [3.05, 3.63) is 35.9 Å². The number of benzene rings is 1. The van der Waals surface area contributed by atoms with Crippen LogP contribution in [0.15, 0.2) is 30.3 Å². The van der Waals surface area contributed by atoms with Crippen LogP contribution in [0.3, 0.4) is 0 Å². The van der Waals surface area contributed by atoms with Crippen LogP contribution in [-0.2, 0) is 9.53 Å². The predicted molar refractivity (Wildman–Crippen MR) is 111 cm³/mol. The van der Waals surface area contributed by atoms with Crippen LogP contribution in [0.5, 0.6) is 0 Å². The van der Waals surface area contributed by atoms with E-state index in [4.69, 9.17) is 4.74 Å². The van der Waals surface area contributed by atoms with Crippen molar-refractivity contribution in [2.24, 2.45) is 0 Å². The summed E-state index contributed by atoms with van der Waals surface area (Å²) in [5.74, 6) is 0.987. The minimum atomic E-state index is 0.150. The molecule has 2 heterocycles. The maximum Gasteiger partial charge on any atom is 0.224 e. The van der Waals surface area contributed by atoms with E-state index < -0.39 is 0 Å². The number of likely N-dealkylation sites (tertiary alicyclic amines) is 1. The van der Waals surface area contributed by atoms with Crippen molar-refractivity contribution in [1.82, 2.24) is 15.1 Å². The van der Waals surface area contributed by atoms with Crippen LogP contribution in [0.25, 0.3) is 0 Å². The molecule has 0 radical (unpaired) electrons. The zero-order valence-corrected chi connectivity index (χ0v) is 17.3. The van der Waals surface area contributed by atoms with Crippen molar-refractivity contribution in [2.45, 2.75) is 69.7 Å². The summed E-state index contributed by atoms with van der Waals surface area (Å²) in [7, 11) is 0. The number of piperidine rings is 1. The molecule has 0 unspecified atom stereocenters. The topological polar surface area (TPSA) is 44.8 Å². The second kappa shape index (κ2) is 8.93. The van der Waals surface area contributed by atoms with Gasteiger partial charge < -0.3 is 19.9 Å². The van der Waals surface area contributed by atoms with E-state index in [1.807, 2.05) is 4.90 Å². The van der Waals surface area contributed by atoms with Gasteiger partial charge in [0, 0.05) is 44.1 Å². The Hall–Kier alpha value is -1.43. The molecule has 1 saturated carbocycles. The number of carbonyl (C=O) groups excluding carboxylic acids is 1. The van der Waals surface area contributed by atoms with Crippen LogP contribution in [0.1, 0.15) is 51.0 Å². The third kappa shape index (κ3) is 5.13. The highest BCUT2D eigenvalue weighted by Crippen LogP contribution is 2.41. The molecule has 1 amide bonds. The molecule has 1 aromatic rings. The fourth-order valence-corrected chi connectivity index (χ4v) is 4.87. The Morgan fingerprint density at radius 3 is 2.46 bits per heavy atom. The van der Waals surface area contributed by atoms with Gasteiger partial charge in [0.15, 0.2) is 0 Å². The molecule has 0 bridgehead atoms. The zero-order valence-electron chi connectivity index (χ0n) is 17.3. The Morgan fingerprint density at radius 1 is 1.11 bits per heavy atom. The largest absolute Gasteiger partial charge is 0.372 e. The monoisotopic (exact) mass is 385 g/mol. The van der Waals surface area contributed by atoms with E-state index in [2.05, 4.69) is 54.4 Å². The van der Waals surface area contributed by atoms with Gasteiger partial charge in [-0.1, -0.05) is 30.3 Å². The van der Waals surface area contributed by atoms with Gasteiger partial charge in [-0.05, 0) is 51.8 Å². The van der Waals surface area contributed by atoms with E-state index in [0.29, 0.717) is 24.4 Å². The van der Waals surface area contributed by atoms with Crippen LogP contribution in [0, 0.1) is 0 Å². The molecular weight excluding hydrogens is 350 g/mol. The smallest absolute Gasteiger partial charge is 0.224 e. The molecule has 2 aliphatic heterocycles. The van der Waals surface area contributed by atoms with E-state index >= 15 is 0 Å². The second-order valence-corrected chi connectivity index (χ2v) is 8.95. The summed E-state index contributed by atoms with van der Waals surface area (Å²) >= 11 is 0. The number of amides is 1. The minimum absolute atomic E-state index is 0.150. The van der Waals surface area contributed by atoms with Gasteiger partial charge >= 0.3 is 0 Å². The maximum atomic E-state index is 12.6. The highest BCUT2D eigenvalue weighted by molar-refractivity contribution is 5.76. The van der Waals surface area contributed by atoms with E-state index in [1.165, 1.54) is 24.8 Å². The fourth-order valence-electron chi connectivity index (χ4n) is 4.87. The summed E-state index contributed by atoms with van der Waals surface area (Å²) in [5, 5.41) is 3.87. The number of ether oxygens (including phenoxy) is 1. The lowest BCUT2D eigenvalue weighted by Gasteiger charge is -2.36. The van der Waals surface area contributed by atoms with E-state index in [0.717, 1.165) is 32.7 Å². The number of hydrogen-bond acceptors (Lipinski definition) is 4. The zero-order chi connectivity index (χ0) is 19.5. The van der Waals surface area contributed by atoms with Gasteiger partial charge in [0.25, 0.3) is 0 Å². The first-order chi connectivity index (χ1) is 13.6. The molecule has 3 fully saturated rings. The molecule has 0 spiro atoms. The molecule has 5 nitrogen and oxygen atoms in total. The number of morpholine rings is 1. The van der Waals surface area contributed by atoms with Crippen molar-refractivity contribution in [3.8, 4) is 0 Å². The summed E-state index contributed by atoms with van der Waals surface area (Å²) < 4.78 is 5.73. The Balaban J connectivity index is 1.14. The van der Waals surface area contributed by atoms with Gasteiger partial charge in [0.1, 0.15) is 0 Å². The van der Waals surface area contributed by atoms with Crippen molar-refractivity contribution >= 4 is 5.91 Å². The quantitative estimate of drug-likeness (QED) is 0.818. The van der Waals surface area contributed by atoms with Gasteiger partial charge in [-0.15, -0.1) is 0 Å². The molecule has 1 N–H and O–H groups in total. The first-order valence-electron chi connectivity index (χ1n) is 11.0. The van der Waals surface area contributed by atoms with E-state index in [9.17, 15) is 4.79 Å². The summed E-state index contributed by atoms with van der Waals surface area (Å²) in [5.41, 5.74) is 1.47. The first kappa shape index (κ1) is 19.9. The van der Waals surface area contributed by atoms with Crippen LogP contribution >= 0.6 is 0 Å². The van der Waals surface area contributed by atoms with Crippen LogP contribution in [0.4, 0.5) is 0 Å². The molecule has 154 valence electrons. The van der Waals surface area contributed by atoms with Crippen molar-refractivity contribution < 1.29 is 9.53 Å². The first-order valence-corrected chi connectivity index (χ1v) is 11.0. The third-order valence-corrected chi connectivity index (χ3v) is 6.47. The van der Waals surface area contributed by atoms with E-state index in [1.54, 1.807) is 0 Å². The summed E-state index contributed by atoms with van der Waals surface area (Å²) in [4.78, 5) is 17.0. The molecule has 3 aliphatic rings. The molecule has 2 saturated heterocycles. The maximum absolute atomic E-state index is 12.6. The third-order valence-electron chi connectivity index (χ3n) is 6.47. The SMILES string of the molecule is C[C@@H]1CN(C(=O)CCN2CCC(N[C@@H]3C[C@H]3c3ccccc3)CC2)C[C@H](C)O1. The number of nitrogens with zero attached hydrogens (tertiary/aromatic N) is 2. The predicted octanol–water partition coefficient (Wildman–Crippen LogP) is 2.62. The number of nitrogens with one attached hydrogen (secondary N) is 1. The van der Waals surface area contributed by atoms with Crippen molar-refractivity contribution in [3.63, 3.8) is 0 Å². The number of rotatable bonds is 6. The van der Waals surface area contributed by atoms with Crippen LogP contribution in [0.2, 0.25) is 0 Å². The molecule has 1 aliphatic carbocycles. The Labute approximate surface area is 169 Å². The molecule has 0 aromatic heterocycles. The Bertz CT molecular complexity index is 635. The van der Waals surface area contributed by atoms with Crippen LogP contribution < -0.4 is 5.32 Å². The highest BCUT2D eigenvalue weighted by atomic mass is 16.5. The van der Waals surface area contributed by atoms with Gasteiger partial charge in [0.05, 0.1) is 12.2 Å². The van der Waals surface area contributed by atoms with Crippen LogP contribution in [-0.4, -0.2) is 72.7 Å². The van der Waals surface area contributed by atoms with Gasteiger partial charge in [0.2, 0.25) is 5.91 Å². The average molecular weight is 386 g/mol. The Kier molecular flexibility index (Phi) is 6.34. The minimum Gasteiger partial charge on any atom is -0.372 e. The average Bonchev–Trinajstić information content (AvgIpc) is 3.46. The summed E-state index contributed by atoms with van der Waals surface area (Å²) in [6, 6.07) is 12.2. The summed E-state index contributed by atoms with van der Waals surface area (Å²) in [6.45, 7) is 8.67. The molecule has 28 heavy (non-hydrogen) atoms. The second-order valence-electron chi connectivity index (χ2n) is 8.95. The highest BCUT2D eigenvalue weighted by Gasteiger charge is 2.39. The lowest BCUT2D eigenvalue weighted by atomic mass is 10.0. The molecular formula is C23H35N3O2. The van der Waals surface area contributed by atoms with Gasteiger partial charge in [-0.3, -0.25) is 4.79 Å². The van der Waals surface area contributed by atoms with Gasteiger partial charge in [-0.2, -0.15) is 0 Å². The number of carbonyl (C=O) groups is 1. The molecule has 4 rings (SSSR count). The number of hydrogen-bond donors (Lipinski definition) is 1. The fraction of sp³-hybridized carbons (Fsp3) is 0.696. The lowest BCUT2D eigenvalue weighted by molar-refractivity contribution is -0.143. The van der Waals surface area contributed by atoms with Crippen molar-refractivity contribution in [1.29, 1.82) is 0 Å². The lowest BCUT2D eigenvalue weighted by Crippen LogP contribution is -2.49. The standard InChI is InChI=1S/C23H35N3O2/c1-17-15-26(16-18(2)28-17)23(27)10-13-25-11-8-20(9-12-25)24-22-14-21(22)19-6-4-3-5-7-19/h3-7,17-18,20-22,24H,8-16H2,1-2H3/t17-,18+,21-,22+/m0/s1. The molecule has 4 atom stereocenters. The molecule has 5 heteroatoms. The summed E-state index contributed by atoms with van der Waals surface area (Å²) in [6.07, 6.45) is 4.59.